The Labute approximate surface area is 152 Å². The number of aromatic amines is 1. The standard InChI is InChI=1S/C20H21ClN2O2/c1-13-3-8-19-18(11-13)17(14(2)23-19)9-10-22-20(24)12-25-16-6-4-15(21)5-7-16/h3-8,11,23H,9-10,12H2,1-2H3,(H,22,24). The Bertz CT molecular complexity index is 885. The molecule has 0 saturated heterocycles. The van der Waals surface area contributed by atoms with Gasteiger partial charge in [-0.15, -0.1) is 0 Å². The molecule has 0 unspecified atom stereocenters. The summed E-state index contributed by atoms with van der Waals surface area (Å²) in [7, 11) is 0. The van der Waals surface area contributed by atoms with Crippen LogP contribution in [-0.4, -0.2) is 24.0 Å². The lowest BCUT2D eigenvalue weighted by molar-refractivity contribution is -0.123. The molecule has 0 fully saturated rings. The number of rotatable bonds is 6. The first-order valence-electron chi connectivity index (χ1n) is 8.26. The third-order valence-electron chi connectivity index (χ3n) is 4.16. The lowest BCUT2D eigenvalue weighted by Crippen LogP contribution is -2.30. The highest BCUT2D eigenvalue weighted by atomic mass is 35.5. The highest BCUT2D eigenvalue weighted by molar-refractivity contribution is 6.30. The lowest BCUT2D eigenvalue weighted by Gasteiger charge is -2.08. The maximum absolute atomic E-state index is 11.9. The first-order chi connectivity index (χ1) is 12.0. The number of halogens is 1. The zero-order chi connectivity index (χ0) is 17.8. The van der Waals surface area contributed by atoms with Crippen molar-refractivity contribution in [3.63, 3.8) is 0 Å². The number of ether oxygens (including phenoxy) is 1. The molecule has 0 bridgehead atoms. The van der Waals surface area contributed by atoms with Crippen molar-refractivity contribution in [2.75, 3.05) is 13.2 Å². The van der Waals surface area contributed by atoms with Crippen LogP contribution in [-0.2, 0) is 11.2 Å². The number of benzene rings is 2. The number of carbonyl (C=O) groups excluding carboxylic acids is 1. The van der Waals surface area contributed by atoms with E-state index >= 15 is 0 Å². The second kappa shape index (κ2) is 7.62. The maximum Gasteiger partial charge on any atom is 0.257 e. The third-order valence-corrected chi connectivity index (χ3v) is 4.41. The Hall–Kier alpha value is -2.46. The number of nitrogens with one attached hydrogen (secondary N) is 2. The van der Waals surface area contributed by atoms with Gasteiger partial charge in [0, 0.05) is 28.2 Å². The van der Waals surface area contributed by atoms with E-state index in [0.29, 0.717) is 17.3 Å². The van der Waals surface area contributed by atoms with Crippen molar-refractivity contribution in [3.05, 3.63) is 64.3 Å². The zero-order valence-electron chi connectivity index (χ0n) is 14.4. The monoisotopic (exact) mass is 356 g/mol. The first kappa shape index (κ1) is 17.4. The number of H-pyrrole nitrogens is 1. The van der Waals surface area contributed by atoms with Crippen LogP contribution in [0, 0.1) is 13.8 Å². The summed E-state index contributed by atoms with van der Waals surface area (Å²) in [5.41, 5.74) is 4.76. The van der Waals surface area contributed by atoms with Gasteiger partial charge in [0.15, 0.2) is 6.61 Å². The van der Waals surface area contributed by atoms with Gasteiger partial charge in [0.05, 0.1) is 0 Å². The molecule has 3 aromatic rings. The molecule has 4 nitrogen and oxygen atoms in total. The van der Waals surface area contributed by atoms with Crippen LogP contribution >= 0.6 is 11.6 Å². The van der Waals surface area contributed by atoms with Crippen LogP contribution in [0.3, 0.4) is 0 Å². The van der Waals surface area contributed by atoms with Crippen LogP contribution in [0.5, 0.6) is 5.75 Å². The van der Waals surface area contributed by atoms with E-state index in [1.54, 1.807) is 24.3 Å². The molecule has 0 aliphatic rings. The van der Waals surface area contributed by atoms with Crippen LogP contribution in [0.4, 0.5) is 0 Å². The largest absolute Gasteiger partial charge is 0.484 e. The minimum Gasteiger partial charge on any atom is -0.484 e. The van der Waals surface area contributed by atoms with Crippen molar-refractivity contribution >= 4 is 28.4 Å². The lowest BCUT2D eigenvalue weighted by atomic mass is 10.1. The van der Waals surface area contributed by atoms with Crippen LogP contribution in [0.2, 0.25) is 5.02 Å². The van der Waals surface area contributed by atoms with Crippen LogP contribution < -0.4 is 10.1 Å². The van der Waals surface area contributed by atoms with Crippen molar-refractivity contribution in [2.24, 2.45) is 0 Å². The van der Waals surface area contributed by atoms with Gasteiger partial charge in [0.2, 0.25) is 0 Å². The average molecular weight is 357 g/mol. The molecule has 0 atom stereocenters. The average Bonchev–Trinajstić information content (AvgIpc) is 2.89. The molecule has 25 heavy (non-hydrogen) atoms. The Morgan fingerprint density at radius 2 is 1.92 bits per heavy atom. The van der Waals surface area contributed by atoms with E-state index in [1.807, 2.05) is 0 Å². The fourth-order valence-corrected chi connectivity index (χ4v) is 3.00. The number of hydrogen-bond acceptors (Lipinski definition) is 2. The Balaban J connectivity index is 1.52. The molecule has 2 aromatic carbocycles. The molecule has 130 valence electrons. The minimum absolute atomic E-state index is 0.00634. The summed E-state index contributed by atoms with van der Waals surface area (Å²) in [5.74, 6) is 0.492. The number of fused-ring (bicyclic) bond motifs is 1. The molecule has 5 heteroatoms. The first-order valence-corrected chi connectivity index (χ1v) is 8.63. The van der Waals surface area contributed by atoms with E-state index in [-0.39, 0.29) is 12.5 Å². The van der Waals surface area contributed by atoms with Gasteiger partial charge in [-0.3, -0.25) is 4.79 Å². The summed E-state index contributed by atoms with van der Waals surface area (Å²) in [6, 6.07) is 13.3. The van der Waals surface area contributed by atoms with E-state index in [0.717, 1.165) is 17.6 Å². The van der Waals surface area contributed by atoms with Crippen LogP contribution in [0.25, 0.3) is 10.9 Å². The van der Waals surface area contributed by atoms with Gasteiger partial charge < -0.3 is 15.0 Å². The van der Waals surface area contributed by atoms with Gasteiger partial charge in [-0.1, -0.05) is 23.2 Å². The molecular weight excluding hydrogens is 336 g/mol. The zero-order valence-corrected chi connectivity index (χ0v) is 15.1. The van der Waals surface area contributed by atoms with Crippen molar-refractivity contribution in [1.82, 2.24) is 10.3 Å². The van der Waals surface area contributed by atoms with E-state index in [9.17, 15) is 4.79 Å². The third kappa shape index (κ3) is 4.34. The molecular formula is C20H21ClN2O2. The van der Waals surface area contributed by atoms with Gasteiger partial charge in [-0.2, -0.15) is 0 Å². The van der Waals surface area contributed by atoms with Gasteiger partial charge >= 0.3 is 0 Å². The highest BCUT2D eigenvalue weighted by Crippen LogP contribution is 2.23. The number of amides is 1. The van der Waals surface area contributed by atoms with Crippen molar-refractivity contribution in [3.8, 4) is 5.75 Å². The summed E-state index contributed by atoms with van der Waals surface area (Å²) in [6.45, 7) is 4.72. The molecule has 1 aromatic heterocycles. The summed E-state index contributed by atoms with van der Waals surface area (Å²) < 4.78 is 5.44. The molecule has 2 N–H and O–H groups in total. The van der Waals surface area contributed by atoms with E-state index < -0.39 is 0 Å². The molecule has 1 heterocycles. The quantitative estimate of drug-likeness (QED) is 0.696. The van der Waals surface area contributed by atoms with Crippen LogP contribution in [0.1, 0.15) is 16.8 Å². The maximum atomic E-state index is 11.9. The SMILES string of the molecule is Cc1ccc2[nH]c(C)c(CCNC(=O)COc3ccc(Cl)cc3)c2c1. The number of aryl methyl sites for hydroxylation is 2. The summed E-state index contributed by atoms with van der Waals surface area (Å²) in [5, 5.41) is 4.77. The molecule has 0 saturated carbocycles. The highest BCUT2D eigenvalue weighted by Gasteiger charge is 2.09. The fourth-order valence-electron chi connectivity index (χ4n) is 2.88. The minimum atomic E-state index is -0.136. The molecule has 0 radical (unpaired) electrons. The predicted molar refractivity (Wildman–Crippen MR) is 101 cm³/mol. The van der Waals surface area contributed by atoms with Crippen molar-refractivity contribution in [2.45, 2.75) is 20.3 Å². The molecule has 1 amide bonds. The number of carbonyl (C=O) groups is 1. The molecule has 0 spiro atoms. The Kier molecular flexibility index (Phi) is 5.29. The van der Waals surface area contributed by atoms with E-state index in [1.165, 1.54) is 16.5 Å². The Morgan fingerprint density at radius 1 is 1.16 bits per heavy atom. The summed E-state index contributed by atoms with van der Waals surface area (Å²) in [4.78, 5) is 15.3. The molecule has 3 rings (SSSR count). The second-order valence-electron chi connectivity index (χ2n) is 6.12. The fraction of sp³-hybridized carbons (Fsp3) is 0.250. The summed E-state index contributed by atoms with van der Waals surface area (Å²) >= 11 is 5.82. The second-order valence-corrected chi connectivity index (χ2v) is 6.56. The van der Waals surface area contributed by atoms with E-state index in [4.69, 9.17) is 16.3 Å². The number of hydrogen-bond donors (Lipinski definition) is 2. The smallest absolute Gasteiger partial charge is 0.257 e. The number of aromatic nitrogens is 1. The molecule has 0 aliphatic heterocycles. The predicted octanol–water partition coefficient (Wildman–Crippen LogP) is 4.18. The van der Waals surface area contributed by atoms with Gasteiger partial charge in [-0.25, -0.2) is 0 Å². The molecule has 0 aliphatic carbocycles. The van der Waals surface area contributed by atoms with Crippen molar-refractivity contribution in [1.29, 1.82) is 0 Å². The topological polar surface area (TPSA) is 54.1 Å². The normalized spacial score (nSPS) is 10.8. The summed E-state index contributed by atoms with van der Waals surface area (Å²) in [6.07, 6.45) is 0.780. The van der Waals surface area contributed by atoms with Gasteiger partial charge in [0.1, 0.15) is 5.75 Å². The van der Waals surface area contributed by atoms with E-state index in [2.05, 4.69) is 42.3 Å². The van der Waals surface area contributed by atoms with Crippen LogP contribution in [0.15, 0.2) is 42.5 Å². The van der Waals surface area contributed by atoms with Crippen molar-refractivity contribution < 1.29 is 9.53 Å². The van der Waals surface area contributed by atoms with Gasteiger partial charge in [-0.05, 0) is 62.2 Å². The van der Waals surface area contributed by atoms with Gasteiger partial charge in [0.25, 0.3) is 5.91 Å². The Morgan fingerprint density at radius 3 is 2.68 bits per heavy atom.